The zero-order valence-corrected chi connectivity index (χ0v) is 19.6. The molecule has 1 spiro atoms. The standard InChI is InChI=1S/C24H27N3O5S/c1-16(2)33(30,31)20-11-7-10-19(18-8-5-4-6-9-18)21(20)32-23(29)27-13-12-24(14-17(27)3)15-25-22(28)26-24/h4-11,15-17H,12-14H2,1-3H3,(H,26,28). The zero-order chi connectivity index (χ0) is 23.8. The van der Waals surface area contributed by atoms with Gasteiger partial charge in [0.2, 0.25) is 0 Å². The third-order valence-corrected chi connectivity index (χ3v) is 8.37. The molecule has 2 aromatic rings. The van der Waals surface area contributed by atoms with E-state index in [9.17, 15) is 18.0 Å². The number of likely N-dealkylation sites (tertiary alicyclic amines) is 1. The summed E-state index contributed by atoms with van der Waals surface area (Å²) >= 11 is 0. The van der Waals surface area contributed by atoms with Crippen molar-refractivity contribution in [3.05, 3.63) is 48.5 Å². The number of para-hydroxylation sites is 1. The van der Waals surface area contributed by atoms with Crippen molar-refractivity contribution in [1.82, 2.24) is 10.2 Å². The highest BCUT2D eigenvalue weighted by atomic mass is 32.2. The lowest BCUT2D eigenvalue weighted by molar-refractivity contribution is 0.102. The lowest BCUT2D eigenvalue weighted by Gasteiger charge is -2.41. The molecule has 2 heterocycles. The number of hydrogen-bond acceptors (Lipinski definition) is 5. The number of aliphatic imine (C=N–C) groups is 1. The van der Waals surface area contributed by atoms with Gasteiger partial charge in [-0.3, -0.25) is 0 Å². The van der Waals surface area contributed by atoms with Gasteiger partial charge in [0.05, 0.1) is 10.8 Å². The molecule has 0 bridgehead atoms. The van der Waals surface area contributed by atoms with Crippen molar-refractivity contribution in [2.75, 3.05) is 6.54 Å². The number of ether oxygens (including phenoxy) is 1. The number of hydrogen-bond donors (Lipinski definition) is 1. The first-order valence-electron chi connectivity index (χ1n) is 10.9. The van der Waals surface area contributed by atoms with Crippen LogP contribution in [0.1, 0.15) is 33.6 Å². The third-order valence-electron chi connectivity index (χ3n) is 6.19. The molecule has 2 aliphatic heterocycles. The molecule has 33 heavy (non-hydrogen) atoms. The van der Waals surface area contributed by atoms with Gasteiger partial charge in [-0.05, 0) is 45.2 Å². The van der Waals surface area contributed by atoms with E-state index < -0.39 is 26.7 Å². The van der Waals surface area contributed by atoms with Crippen molar-refractivity contribution in [2.24, 2.45) is 4.99 Å². The number of benzene rings is 2. The Balaban J connectivity index is 1.67. The highest BCUT2D eigenvalue weighted by Crippen LogP contribution is 2.38. The lowest BCUT2D eigenvalue weighted by atomic mass is 9.85. The van der Waals surface area contributed by atoms with E-state index in [4.69, 9.17) is 4.74 Å². The molecular formula is C24H27N3O5S. The van der Waals surface area contributed by atoms with E-state index in [2.05, 4.69) is 10.3 Å². The molecule has 1 fully saturated rings. The second-order valence-corrected chi connectivity index (χ2v) is 11.3. The van der Waals surface area contributed by atoms with Crippen molar-refractivity contribution in [2.45, 2.75) is 55.3 Å². The van der Waals surface area contributed by atoms with Crippen LogP contribution < -0.4 is 10.1 Å². The first-order chi connectivity index (χ1) is 15.6. The molecule has 1 N–H and O–H groups in total. The summed E-state index contributed by atoms with van der Waals surface area (Å²) in [5, 5.41) is 2.18. The van der Waals surface area contributed by atoms with Gasteiger partial charge in [0, 0.05) is 24.4 Å². The summed E-state index contributed by atoms with van der Waals surface area (Å²) in [5.74, 6) is 0.0330. The lowest BCUT2D eigenvalue weighted by Crippen LogP contribution is -2.57. The van der Waals surface area contributed by atoms with Gasteiger partial charge in [0.15, 0.2) is 15.6 Å². The van der Waals surface area contributed by atoms with Crippen LogP contribution in [-0.2, 0) is 9.84 Å². The minimum atomic E-state index is -3.71. The van der Waals surface area contributed by atoms with E-state index in [0.717, 1.165) is 5.56 Å². The van der Waals surface area contributed by atoms with Gasteiger partial charge in [-0.15, -0.1) is 0 Å². The quantitative estimate of drug-likeness (QED) is 0.727. The van der Waals surface area contributed by atoms with E-state index in [1.807, 2.05) is 37.3 Å². The van der Waals surface area contributed by atoms with Gasteiger partial charge in [-0.2, -0.15) is 0 Å². The molecule has 0 saturated carbocycles. The molecule has 0 aromatic heterocycles. The summed E-state index contributed by atoms with van der Waals surface area (Å²) < 4.78 is 32.0. The Morgan fingerprint density at radius 2 is 1.91 bits per heavy atom. The maximum absolute atomic E-state index is 13.3. The molecule has 0 aliphatic carbocycles. The van der Waals surface area contributed by atoms with Crippen LogP contribution in [0.3, 0.4) is 0 Å². The predicted molar refractivity (Wildman–Crippen MR) is 125 cm³/mol. The number of amides is 3. The SMILES string of the molecule is CC1CC2(C=NC(=O)N2)CCN1C(=O)Oc1c(-c2ccccc2)cccc1S(=O)(=O)C(C)C. The molecule has 8 nitrogen and oxygen atoms in total. The van der Waals surface area contributed by atoms with Gasteiger partial charge >= 0.3 is 12.1 Å². The largest absolute Gasteiger partial charge is 0.415 e. The Hall–Kier alpha value is -3.20. The second kappa shape index (κ2) is 8.62. The van der Waals surface area contributed by atoms with Crippen LogP contribution >= 0.6 is 0 Å². The molecule has 2 atom stereocenters. The Labute approximate surface area is 193 Å². The number of nitrogens with zero attached hydrogens (tertiary/aromatic N) is 2. The average Bonchev–Trinajstić information content (AvgIpc) is 3.13. The maximum atomic E-state index is 13.3. The number of carbonyl (C=O) groups is 2. The fourth-order valence-electron chi connectivity index (χ4n) is 4.33. The van der Waals surface area contributed by atoms with E-state index in [0.29, 0.717) is 24.9 Å². The number of carbonyl (C=O) groups excluding carboxylic acids is 2. The number of piperidine rings is 1. The molecule has 2 unspecified atom stereocenters. The van der Waals surface area contributed by atoms with Gasteiger partial charge in [-0.25, -0.2) is 23.0 Å². The van der Waals surface area contributed by atoms with Crippen LogP contribution in [0.5, 0.6) is 5.75 Å². The molecule has 0 radical (unpaired) electrons. The number of urea groups is 1. The zero-order valence-electron chi connectivity index (χ0n) is 18.8. The summed E-state index contributed by atoms with van der Waals surface area (Å²) in [6, 6.07) is 13.5. The van der Waals surface area contributed by atoms with Gasteiger partial charge < -0.3 is 15.0 Å². The van der Waals surface area contributed by atoms with Gasteiger partial charge in [0.1, 0.15) is 4.90 Å². The maximum Gasteiger partial charge on any atom is 0.415 e. The van der Waals surface area contributed by atoms with E-state index in [-0.39, 0.29) is 22.7 Å². The van der Waals surface area contributed by atoms with Crippen LogP contribution in [0.2, 0.25) is 0 Å². The summed E-state index contributed by atoms with van der Waals surface area (Å²) in [4.78, 5) is 30.2. The van der Waals surface area contributed by atoms with Crippen LogP contribution in [0.15, 0.2) is 58.4 Å². The van der Waals surface area contributed by atoms with Gasteiger partial charge in [-0.1, -0.05) is 42.5 Å². The highest BCUT2D eigenvalue weighted by Gasteiger charge is 2.43. The minimum Gasteiger partial charge on any atom is -0.408 e. The molecule has 3 amide bonds. The average molecular weight is 470 g/mol. The summed E-state index contributed by atoms with van der Waals surface area (Å²) in [7, 11) is -3.71. The molecule has 9 heteroatoms. The van der Waals surface area contributed by atoms with Crippen LogP contribution in [0, 0.1) is 0 Å². The third kappa shape index (κ3) is 4.37. The van der Waals surface area contributed by atoms with E-state index >= 15 is 0 Å². The topological polar surface area (TPSA) is 105 Å². The molecule has 4 rings (SSSR count). The number of rotatable bonds is 4. The Morgan fingerprint density at radius 1 is 1.18 bits per heavy atom. The van der Waals surface area contributed by atoms with Crippen LogP contribution in [-0.4, -0.2) is 55.0 Å². The number of nitrogens with one attached hydrogen (secondary N) is 1. The normalized spacial score (nSPS) is 22.6. The smallest absolute Gasteiger partial charge is 0.408 e. The molecular weight excluding hydrogens is 442 g/mol. The van der Waals surface area contributed by atoms with Crippen molar-refractivity contribution in [3.63, 3.8) is 0 Å². The molecule has 2 aliphatic rings. The van der Waals surface area contributed by atoms with Crippen molar-refractivity contribution in [3.8, 4) is 16.9 Å². The van der Waals surface area contributed by atoms with E-state index in [1.54, 1.807) is 37.1 Å². The van der Waals surface area contributed by atoms with Crippen molar-refractivity contribution in [1.29, 1.82) is 0 Å². The molecule has 2 aromatic carbocycles. The van der Waals surface area contributed by atoms with Crippen LogP contribution in [0.4, 0.5) is 9.59 Å². The minimum absolute atomic E-state index is 0.0106. The second-order valence-electron chi connectivity index (χ2n) is 8.80. The Morgan fingerprint density at radius 3 is 2.52 bits per heavy atom. The monoisotopic (exact) mass is 469 g/mol. The fourth-order valence-corrected chi connectivity index (χ4v) is 5.52. The fraction of sp³-hybridized carbons (Fsp3) is 0.375. The first-order valence-corrected chi connectivity index (χ1v) is 12.5. The summed E-state index contributed by atoms with van der Waals surface area (Å²) in [6.07, 6.45) is 1.99. The highest BCUT2D eigenvalue weighted by molar-refractivity contribution is 7.92. The predicted octanol–water partition coefficient (Wildman–Crippen LogP) is 4.05. The number of sulfone groups is 1. The summed E-state index contributed by atoms with van der Waals surface area (Å²) in [5.41, 5.74) is 0.722. The molecule has 1 saturated heterocycles. The Kier molecular flexibility index (Phi) is 6.00. The van der Waals surface area contributed by atoms with Gasteiger partial charge in [0.25, 0.3) is 0 Å². The first kappa shape index (κ1) is 23.0. The molecule has 174 valence electrons. The van der Waals surface area contributed by atoms with Crippen LogP contribution in [0.25, 0.3) is 11.1 Å². The van der Waals surface area contributed by atoms with E-state index in [1.165, 1.54) is 6.07 Å². The Bertz CT molecular complexity index is 1210. The van der Waals surface area contributed by atoms with Crippen molar-refractivity contribution >= 4 is 28.2 Å². The summed E-state index contributed by atoms with van der Waals surface area (Å²) in [6.45, 7) is 5.40. The van der Waals surface area contributed by atoms with Crippen molar-refractivity contribution < 1.29 is 22.7 Å².